The topological polar surface area (TPSA) is 61.0 Å². The highest BCUT2D eigenvalue weighted by molar-refractivity contribution is 5.81. The minimum atomic E-state index is -0.371. The molecule has 1 aromatic heterocycles. The molecule has 15 heavy (non-hydrogen) atoms. The zero-order valence-electron chi connectivity index (χ0n) is 7.96. The van der Waals surface area contributed by atoms with Crippen molar-refractivity contribution in [2.75, 3.05) is 0 Å². The molecule has 0 aliphatic heterocycles. The zero-order chi connectivity index (χ0) is 10.4. The van der Waals surface area contributed by atoms with Crippen LogP contribution in [0.25, 0.3) is 10.9 Å². The molecule has 5 heteroatoms. The molecule has 0 atom stereocenters. The summed E-state index contributed by atoms with van der Waals surface area (Å²) in [7, 11) is 0. The fraction of sp³-hybridized carbons (Fsp3) is 0.300. The molecule has 1 saturated carbocycles. The maximum absolute atomic E-state index is 10.6. The highest BCUT2D eigenvalue weighted by atomic mass is 16.6. The molecule has 3 rings (SSSR count). The van der Waals surface area contributed by atoms with E-state index in [1.54, 1.807) is 18.3 Å². The van der Waals surface area contributed by atoms with Gasteiger partial charge in [0.2, 0.25) is 0 Å². The molecule has 1 aliphatic carbocycles. The summed E-state index contributed by atoms with van der Waals surface area (Å²) in [5.74, 6) is 0. The van der Waals surface area contributed by atoms with Crippen LogP contribution in [0.1, 0.15) is 18.9 Å². The summed E-state index contributed by atoms with van der Waals surface area (Å²) in [5.41, 5.74) is 0.997. The van der Waals surface area contributed by atoms with E-state index in [2.05, 4.69) is 5.10 Å². The molecule has 0 amide bonds. The molecular weight excluding hydrogens is 194 g/mol. The van der Waals surface area contributed by atoms with E-state index < -0.39 is 0 Å². The molecule has 1 heterocycles. The number of rotatable bonds is 2. The van der Waals surface area contributed by atoms with Crippen LogP contribution in [0.5, 0.6) is 0 Å². The van der Waals surface area contributed by atoms with Gasteiger partial charge < -0.3 is 0 Å². The van der Waals surface area contributed by atoms with Crippen molar-refractivity contribution in [2.45, 2.75) is 18.9 Å². The van der Waals surface area contributed by atoms with Crippen molar-refractivity contribution < 1.29 is 4.92 Å². The van der Waals surface area contributed by atoms with Crippen LogP contribution in [-0.4, -0.2) is 14.7 Å². The van der Waals surface area contributed by atoms with Gasteiger partial charge in [0.25, 0.3) is 5.69 Å². The average molecular weight is 203 g/mol. The highest BCUT2D eigenvalue weighted by Gasteiger charge is 2.26. The Balaban J connectivity index is 2.21. The average Bonchev–Trinajstić information content (AvgIpc) is 2.98. The lowest BCUT2D eigenvalue weighted by atomic mass is 10.2. The Kier molecular flexibility index (Phi) is 1.56. The second-order valence-electron chi connectivity index (χ2n) is 3.82. The van der Waals surface area contributed by atoms with Crippen LogP contribution in [0, 0.1) is 10.1 Å². The number of nitro groups is 1. The lowest BCUT2D eigenvalue weighted by Gasteiger charge is -1.99. The summed E-state index contributed by atoms with van der Waals surface area (Å²) in [5, 5.41) is 15.9. The van der Waals surface area contributed by atoms with E-state index in [4.69, 9.17) is 0 Å². The number of aromatic nitrogens is 2. The SMILES string of the molecule is O=[N+]([O-])c1ccc2cnn(C3CC3)c2c1. The lowest BCUT2D eigenvalue weighted by molar-refractivity contribution is -0.384. The normalized spacial score (nSPS) is 15.7. The summed E-state index contributed by atoms with van der Waals surface area (Å²) < 4.78 is 1.89. The van der Waals surface area contributed by atoms with Crippen LogP contribution in [0.4, 0.5) is 5.69 Å². The molecule has 0 radical (unpaired) electrons. The van der Waals surface area contributed by atoms with Gasteiger partial charge >= 0.3 is 0 Å². The van der Waals surface area contributed by atoms with Crippen LogP contribution in [0.2, 0.25) is 0 Å². The van der Waals surface area contributed by atoms with Crippen molar-refractivity contribution in [3.63, 3.8) is 0 Å². The maximum atomic E-state index is 10.6. The molecular formula is C10H9N3O2. The lowest BCUT2D eigenvalue weighted by Crippen LogP contribution is -1.95. The largest absolute Gasteiger partial charge is 0.271 e. The quantitative estimate of drug-likeness (QED) is 0.555. The summed E-state index contributed by atoms with van der Waals surface area (Å²) in [6.45, 7) is 0. The van der Waals surface area contributed by atoms with E-state index in [-0.39, 0.29) is 10.6 Å². The van der Waals surface area contributed by atoms with Gasteiger partial charge in [0, 0.05) is 17.5 Å². The Bertz CT molecular complexity index is 543. The fourth-order valence-electron chi connectivity index (χ4n) is 1.75. The van der Waals surface area contributed by atoms with Crippen molar-refractivity contribution in [3.8, 4) is 0 Å². The van der Waals surface area contributed by atoms with Gasteiger partial charge in [0.15, 0.2) is 0 Å². The molecule has 0 unspecified atom stereocenters. The second kappa shape index (κ2) is 2.79. The van der Waals surface area contributed by atoms with E-state index in [1.807, 2.05) is 4.68 Å². The summed E-state index contributed by atoms with van der Waals surface area (Å²) in [6.07, 6.45) is 4.01. The van der Waals surface area contributed by atoms with Crippen molar-refractivity contribution in [2.24, 2.45) is 0 Å². The number of nitro benzene ring substituents is 1. The van der Waals surface area contributed by atoms with E-state index >= 15 is 0 Å². The Labute approximate surface area is 85.5 Å². The molecule has 0 saturated heterocycles. The summed E-state index contributed by atoms with van der Waals surface area (Å²) in [4.78, 5) is 10.3. The van der Waals surface area contributed by atoms with Crippen molar-refractivity contribution in [1.82, 2.24) is 9.78 Å². The van der Waals surface area contributed by atoms with Crippen LogP contribution in [0.15, 0.2) is 24.4 Å². The number of fused-ring (bicyclic) bond motifs is 1. The van der Waals surface area contributed by atoms with Crippen molar-refractivity contribution in [3.05, 3.63) is 34.5 Å². The standard InChI is InChI=1S/C10H9N3O2/c14-13(15)9-2-1-7-6-11-12(8-3-4-8)10(7)5-9/h1-2,5-6,8H,3-4H2. The third kappa shape index (κ3) is 1.27. The van der Waals surface area contributed by atoms with Crippen molar-refractivity contribution in [1.29, 1.82) is 0 Å². The first kappa shape index (κ1) is 8.40. The maximum Gasteiger partial charge on any atom is 0.271 e. The summed E-state index contributed by atoms with van der Waals surface area (Å²) >= 11 is 0. The van der Waals surface area contributed by atoms with Crippen LogP contribution in [0.3, 0.4) is 0 Å². The Hall–Kier alpha value is -1.91. The van der Waals surface area contributed by atoms with Gasteiger partial charge in [-0.15, -0.1) is 0 Å². The molecule has 0 N–H and O–H groups in total. The van der Waals surface area contributed by atoms with Gasteiger partial charge in [0.05, 0.1) is 22.7 Å². The first-order valence-electron chi connectivity index (χ1n) is 4.87. The Morgan fingerprint density at radius 2 is 2.27 bits per heavy atom. The van der Waals surface area contributed by atoms with Gasteiger partial charge in [-0.3, -0.25) is 14.8 Å². The third-order valence-corrected chi connectivity index (χ3v) is 2.69. The molecule has 1 aromatic carbocycles. The Morgan fingerprint density at radius 3 is 2.93 bits per heavy atom. The first-order chi connectivity index (χ1) is 7.25. The van der Waals surface area contributed by atoms with Crippen molar-refractivity contribution >= 4 is 16.6 Å². The fourth-order valence-corrected chi connectivity index (χ4v) is 1.75. The minimum Gasteiger partial charge on any atom is -0.262 e. The molecule has 0 bridgehead atoms. The van der Waals surface area contributed by atoms with Crippen LogP contribution >= 0.6 is 0 Å². The number of hydrogen-bond donors (Lipinski definition) is 0. The number of benzene rings is 1. The van der Waals surface area contributed by atoms with Gasteiger partial charge in [-0.05, 0) is 18.9 Å². The van der Waals surface area contributed by atoms with E-state index in [1.165, 1.54) is 6.07 Å². The molecule has 0 spiro atoms. The Morgan fingerprint density at radius 1 is 1.47 bits per heavy atom. The molecule has 1 aliphatic rings. The number of non-ortho nitro benzene ring substituents is 1. The van der Waals surface area contributed by atoms with Crippen LogP contribution in [-0.2, 0) is 0 Å². The summed E-state index contributed by atoms with van der Waals surface area (Å²) in [6, 6.07) is 5.31. The van der Waals surface area contributed by atoms with Gasteiger partial charge in [-0.1, -0.05) is 0 Å². The predicted molar refractivity (Wildman–Crippen MR) is 54.7 cm³/mol. The molecule has 2 aromatic rings. The first-order valence-corrected chi connectivity index (χ1v) is 4.87. The predicted octanol–water partition coefficient (Wildman–Crippen LogP) is 2.28. The van der Waals surface area contributed by atoms with Crippen LogP contribution < -0.4 is 0 Å². The zero-order valence-corrected chi connectivity index (χ0v) is 7.96. The smallest absolute Gasteiger partial charge is 0.262 e. The molecule has 1 fully saturated rings. The third-order valence-electron chi connectivity index (χ3n) is 2.69. The highest BCUT2D eigenvalue weighted by Crippen LogP contribution is 2.37. The van der Waals surface area contributed by atoms with Gasteiger partial charge in [-0.25, -0.2) is 0 Å². The van der Waals surface area contributed by atoms with E-state index in [9.17, 15) is 10.1 Å². The monoisotopic (exact) mass is 203 g/mol. The molecule has 5 nitrogen and oxygen atoms in total. The second-order valence-corrected chi connectivity index (χ2v) is 3.82. The minimum absolute atomic E-state index is 0.130. The number of nitrogens with zero attached hydrogens (tertiary/aromatic N) is 3. The van der Waals surface area contributed by atoms with E-state index in [0.717, 1.165) is 23.7 Å². The van der Waals surface area contributed by atoms with Gasteiger partial charge in [0.1, 0.15) is 0 Å². The van der Waals surface area contributed by atoms with Gasteiger partial charge in [-0.2, -0.15) is 5.10 Å². The molecule has 76 valence electrons. The number of hydrogen-bond acceptors (Lipinski definition) is 3. The van der Waals surface area contributed by atoms with E-state index in [0.29, 0.717) is 6.04 Å².